The first-order valence-electron chi connectivity index (χ1n) is 3.49. The highest BCUT2D eigenvalue weighted by molar-refractivity contribution is 5.01. The van der Waals surface area contributed by atoms with E-state index in [-0.39, 0.29) is 0 Å². The van der Waals surface area contributed by atoms with Crippen molar-refractivity contribution in [2.24, 2.45) is 11.8 Å². The van der Waals surface area contributed by atoms with Crippen molar-refractivity contribution in [3.63, 3.8) is 0 Å². The fourth-order valence-electron chi connectivity index (χ4n) is 2.05. The highest BCUT2D eigenvalue weighted by Crippen LogP contribution is 2.44. The molecule has 0 aromatic heterocycles. The Hall–Kier alpha value is -0.0400. The number of rotatable bonds is 0. The summed E-state index contributed by atoms with van der Waals surface area (Å²) in [5, 5.41) is 0. The van der Waals surface area contributed by atoms with Gasteiger partial charge >= 0.3 is 0 Å². The maximum Gasteiger partial charge on any atom is 0.0138 e. The lowest BCUT2D eigenvalue weighted by Crippen LogP contribution is -2.64. The van der Waals surface area contributed by atoms with E-state index in [1.54, 1.807) is 0 Å². The van der Waals surface area contributed by atoms with Gasteiger partial charge in [0.15, 0.2) is 0 Å². The van der Waals surface area contributed by atoms with E-state index < -0.39 is 0 Å². The lowest BCUT2D eigenvalue weighted by Gasteiger charge is -2.58. The van der Waals surface area contributed by atoms with Crippen molar-refractivity contribution in [1.82, 2.24) is 4.90 Å². The molecule has 1 heteroatoms. The largest absolute Gasteiger partial charge is 0.303 e. The average Bonchev–Trinajstić information content (AvgIpc) is 1.76. The van der Waals surface area contributed by atoms with Crippen LogP contribution in [-0.4, -0.2) is 24.5 Å². The Morgan fingerprint density at radius 1 is 1.50 bits per heavy atom. The van der Waals surface area contributed by atoms with Gasteiger partial charge in [0.2, 0.25) is 0 Å². The number of nitrogens with zero attached hydrogens (tertiary/aromatic N) is 1. The first kappa shape index (κ1) is 4.80. The van der Waals surface area contributed by atoms with Crippen LogP contribution in [-0.2, 0) is 0 Å². The summed E-state index contributed by atoms with van der Waals surface area (Å²) in [4.78, 5) is 2.46. The second-order valence-corrected chi connectivity index (χ2v) is 3.38. The van der Waals surface area contributed by atoms with E-state index in [4.69, 9.17) is 0 Å². The summed E-state index contributed by atoms with van der Waals surface area (Å²) in [7, 11) is 2.23. The van der Waals surface area contributed by atoms with Crippen LogP contribution in [0.4, 0.5) is 0 Å². The van der Waals surface area contributed by atoms with Gasteiger partial charge in [0.05, 0.1) is 0 Å². The summed E-state index contributed by atoms with van der Waals surface area (Å²) >= 11 is 0. The number of hydrogen-bond acceptors (Lipinski definition) is 1. The summed E-state index contributed by atoms with van der Waals surface area (Å²) < 4.78 is 0. The predicted octanol–water partition coefficient (Wildman–Crippen LogP) is 0.956. The summed E-state index contributed by atoms with van der Waals surface area (Å²) in [5.41, 5.74) is 0. The van der Waals surface area contributed by atoms with Gasteiger partial charge in [-0.15, -0.1) is 0 Å². The lowest BCUT2D eigenvalue weighted by atomic mass is 9.64. The molecule has 2 aliphatic rings. The number of piperidine rings is 1. The summed E-state index contributed by atoms with van der Waals surface area (Å²) in [5.74, 6) is 2.12. The molecule has 0 aromatic rings. The van der Waals surface area contributed by atoms with Crippen molar-refractivity contribution in [2.75, 3.05) is 13.6 Å². The molecule has 0 aromatic carbocycles. The number of fused-ring (bicyclic) bond motifs is 1. The molecule has 2 fully saturated rings. The smallest absolute Gasteiger partial charge is 0.0138 e. The first-order valence-corrected chi connectivity index (χ1v) is 3.49. The summed E-state index contributed by atoms with van der Waals surface area (Å²) in [6, 6.07) is 0.991. The van der Waals surface area contributed by atoms with E-state index in [1.165, 1.54) is 13.0 Å². The van der Waals surface area contributed by atoms with Crippen molar-refractivity contribution < 1.29 is 0 Å². The maximum atomic E-state index is 2.46. The maximum absolute atomic E-state index is 2.46. The Morgan fingerprint density at radius 2 is 2.25 bits per heavy atom. The molecule has 0 bridgehead atoms. The summed E-state index contributed by atoms with van der Waals surface area (Å²) in [6.45, 7) is 3.74. The third kappa shape index (κ3) is 0.368. The minimum atomic E-state index is 0.991. The van der Waals surface area contributed by atoms with Gasteiger partial charge in [-0.1, -0.05) is 6.92 Å². The molecule has 1 aliphatic carbocycles. The number of likely N-dealkylation sites (tertiary alicyclic amines) is 1. The first-order chi connectivity index (χ1) is 3.79. The molecule has 46 valence electrons. The third-order valence-electron chi connectivity index (χ3n) is 2.90. The van der Waals surface area contributed by atoms with Crippen LogP contribution in [0.1, 0.15) is 13.3 Å². The molecule has 1 nitrogen and oxygen atoms in total. The van der Waals surface area contributed by atoms with Crippen molar-refractivity contribution >= 4 is 0 Å². The van der Waals surface area contributed by atoms with E-state index >= 15 is 0 Å². The molecule has 8 heavy (non-hydrogen) atoms. The zero-order chi connectivity index (χ0) is 5.72. The van der Waals surface area contributed by atoms with Crippen LogP contribution in [0.5, 0.6) is 0 Å². The second kappa shape index (κ2) is 1.27. The van der Waals surface area contributed by atoms with Crippen LogP contribution < -0.4 is 0 Å². The van der Waals surface area contributed by atoms with Gasteiger partial charge in [-0.05, 0) is 25.3 Å². The van der Waals surface area contributed by atoms with Crippen LogP contribution in [0.25, 0.3) is 0 Å². The van der Waals surface area contributed by atoms with Gasteiger partial charge in [-0.2, -0.15) is 0 Å². The molecule has 2 rings (SSSR count). The zero-order valence-electron chi connectivity index (χ0n) is 5.59. The van der Waals surface area contributed by atoms with Gasteiger partial charge in [-0.3, -0.25) is 0 Å². The molecule has 0 N–H and O–H groups in total. The Balaban J connectivity index is 1.96. The monoisotopic (exact) mass is 111 g/mol. The molecule has 0 spiro atoms. The van der Waals surface area contributed by atoms with Gasteiger partial charge in [-0.25, -0.2) is 0 Å². The topological polar surface area (TPSA) is 3.24 Å². The van der Waals surface area contributed by atoms with Gasteiger partial charge in [0.1, 0.15) is 0 Å². The Morgan fingerprint density at radius 3 is 2.38 bits per heavy atom. The van der Waals surface area contributed by atoms with Crippen molar-refractivity contribution in [1.29, 1.82) is 0 Å². The van der Waals surface area contributed by atoms with Gasteiger partial charge < -0.3 is 4.90 Å². The predicted molar refractivity (Wildman–Crippen MR) is 33.7 cm³/mol. The SMILES string of the molecule is CC1CC2C1CN2C. The summed E-state index contributed by atoms with van der Waals surface area (Å²) in [6.07, 6.45) is 1.46. The molecular formula is C7H13N. The molecule has 3 atom stereocenters. The van der Waals surface area contributed by atoms with Crippen LogP contribution in [0.3, 0.4) is 0 Å². The molecule has 3 unspecified atom stereocenters. The lowest BCUT2D eigenvalue weighted by molar-refractivity contribution is -0.0847. The Bertz CT molecular complexity index is 97.0. The standard InChI is InChI=1S/C7H13N/c1-5-3-7-6(5)4-8(7)2/h5-7H,3-4H2,1-2H3. The van der Waals surface area contributed by atoms with E-state index in [1.807, 2.05) is 0 Å². The van der Waals surface area contributed by atoms with E-state index in [9.17, 15) is 0 Å². The van der Waals surface area contributed by atoms with E-state index in [0.717, 1.165) is 17.9 Å². The quantitative estimate of drug-likeness (QED) is 0.450. The normalized spacial score (nSPS) is 54.0. The van der Waals surface area contributed by atoms with Gasteiger partial charge in [0, 0.05) is 12.6 Å². The minimum absolute atomic E-state index is 0.991. The van der Waals surface area contributed by atoms with Crippen molar-refractivity contribution in [3.05, 3.63) is 0 Å². The van der Waals surface area contributed by atoms with E-state index in [2.05, 4.69) is 18.9 Å². The van der Waals surface area contributed by atoms with Crippen molar-refractivity contribution in [2.45, 2.75) is 19.4 Å². The molecular weight excluding hydrogens is 98.1 g/mol. The Labute approximate surface area is 50.7 Å². The zero-order valence-corrected chi connectivity index (χ0v) is 5.59. The molecule has 1 saturated carbocycles. The molecule has 1 saturated heterocycles. The molecule has 1 heterocycles. The van der Waals surface area contributed by atoms with Crippen LogP contribution in [0.2, 0.25) is 0 Å². The highest BCUT2D eigenvalue weighted by Gasteiger charge is 2.48. The highest BCUT2D eigenvalue weighted by atomic mass is 15.2. The number of hydrogen-bond donors (Lipinski definition) is 0. The molecule has 0 amide bonds. The molecule has 1 aliphatic heterocycles. The second-order valence-electron chi connectivity index (χ2n) is 3.38. The van der Waals surface area contributed by atoms with Crippen LogP contribution in [0.15, 0.2) is 0 Å². The minimum Gasteiger partial charge on any atom is -0.303 e. The van der Waals surface area contributed by atoms with E-state index in [0.29, 0.717) is 0 Å². The van der Waals surface area contributed by atoms with Gasteiger partial charge in [0.25, 0.3) is 0 Å². The fraction of sp³-hybridized carbons (Fsp3) is 1.00. The average molecular weight is 111 g/mol. The van der Waals surface area contributed by atoms with Crippen LogP contribution in [0, 0.1) is 11.8 Å². The Kier molecular flexibility index (Phi) is 0.762. The van der Waals surface area contributed by atoms with Crippen molar-refractivity contribution in [3.8, 4) is 0 Å². The molecule has 0 radical (unpaired) electrons. The fourth-order valence-corrected chi connectivity index (χ4v) is 2.05. The van der Waals surface area contributed by atoms with Crippen LogP contribution >= 0.6 is 0 Å². The third-order valence-corrected chi connectivity index (χ3v) is 2.90.